The molecular formula is C14H13N3. The Balaban J connectivity index is 2.17. The van der Waals surface area contributed by atoms with Crippen molar-refractivity contribution in [2.75, 3.05) is 5.73 Å². The lowest BCUT2D eigenvalue weighted by Gasteiger charge is -2.02. The Labute approximate surface area is 99.3 Å². The van der Waals surface area contributed by atoms with E-state index in [-0.39, 0.29) is 0 Å². The molecule has 0 atom stereocenters. The Morgan fingerprint density at radius 2 is 1.71 bits per heavy atom. The van der Waals surface area contributed by atoms with Crippen molar-refractivity contribution in [2.45, 2.75) is 6.92 Å². The fourth-order valence-electron chi connectivity index (χ4n) is 1.96. The first-order chi connectivity index (χ1) is 8.24. The predicted octanol–water partition coefficient (Wildman–Crippen LogP) is 3.12. The monoisotopic (exact) mass is 223 g/mol. The molecule has 0 saturated carbocycles. The van der Waals surface area contributed by atoms with Crippen LogP contribution in [0, 0.1) is 6.92 Å². The number of aryl methyl sites for hydroxylation is 1. The maximum Gasteiger partial charge on any atom is 0.153 e. The van der Waals surface area contributed by atoms with Gasteiger partial charge in [0, 0.05) is 5.39 Å². The van der Waals surface area contributed by atoms with Gasteiger partial charge in [0.1, 0.15) is 0 Å². The minimum atomic E-state index is 0.550. The molecule has 2 aromatic carbocycles. The van der Waals surface area contributed by atoms with Gasteiger partial charge in [0.25, 0.3) is 0 Å². The number of nitrogen functional groups attached to an aromatic ring is 1. The molecule has 0 amide bonds. The van der Waals surface area contributed by atoms with Crippen LogP contribution in [0.1, 0.15) is 5.56 Å². The highest BCUT2D eigenvalue weighted by molar-refractivity contribution is 5.92. The zero-order valence-electron chi connectivity index (χ0n) is 9.57. The first kappa shape index (κ1) is 9.90. The van der Waals surface area contributed by atoms with E-state index in [1.54, 1.807) is 0 Å². The summed E-state index contributed by atoms with van der Waals surface area (Å²) < 4.78 is 0. The topological polar surface area (TPSA) is 54.7 Å². The highest BCUT2D eigenvalue weighted by Crippen LogP contribution is 2.26. The molecule has 0 fully saturated rings. The van der Waals surface area contributed by atoms with Crippen molar-refractivity contribution >= 4 is 16.7 Å². The van der Waals surface area contributed by atoms with E-state index < -0.39 is 0 Å². The van der Waals surface area contributed by atoms with E-state index in [0.29, 0.717) is 5.82 Å². The van der Waals surface area contributed by atoms with Crippen LogP contribution in [0.25, 0.3) is 22.0 Å². The molecule has 3 nitrogen and oxygen atoms in total. The summed E-state index contributed by atoms with van der Waals surface area (Å²) in [4.78, 5) is 0. The Bertz CT molecular complexity index is 666. The molecule has 0 saturated heterocycles. The van der Waals surface area contributed by atoms with Gasteiger partial charge in [-0.1, -0.05) is 35.9 Å². The lowest BCUT2D eigenvalue weighted by Crippen LogP contribution is -1.84. The van der Waals surface area contributed by atoms with Gasteiger partial charge in [0.2, 0.25) is 0 Å². The summed E-state index contributed by atoms with van der Waals surface area (Å²) in [7, 11) is 0. The number of nitrogens with two attached hydrogens (primary N) is 1. The van der Waals surface area contributed by atoms with Crippen LogP contribution in [0.3, 0.4) is 0 Å². The van der Waals surface area contributed by atoms with Crippen molar-refractivity contribution in [3.63, 3.8) is 0 Å². The number of fused-ring (bicyclic) bond motifs is 1. The van der Waals surface area contributed by atoms with E-state index in [9.17, 15) is 0 Å². The second-order valence-electron chi connectivity index (χ2n) is 4.24. The second-order valence-corrected chi connectivity index (χ2v) is 4.24. The van der Waals surface area contributed by atoms with Crippen LogP contribution >= 0.6 is 0 Å². The van der Waals surface area contributed by atoms with Gasteiger partial charge in [-0.15, -0.1) is 0 Å². The Morgan fingerprint density at radius 3 is 2.47 bits per heavy atom. The van der Waals surface area contributed by atoms with Gasteiger partial charge < -0.3 is 5.73 Å². The van der Waals surface area contributed by atoms with E-state index in [1.165, 1.54) is 11.1 Å². The van der Waals surface area contributed by atoms with Gasteiger partial charge in [-0.25, -0.2) is 0 Å². The molecule has 1 heterocycles. The summed E-state index contributed by atoms with van der Waals surface area (Å²) >= 11 is 0. The zero-order chi connectivity index (χ0) is 11.8. The van der Waals surface area contributed by atoms with Crippen molar-refractivity contribution in [2.24, 2.45) is 0 Å². The van der Waals surface area contributed by atoms with E-state index in [2.05, 4.69) is 53.5 Å². The van der Waals surface area contributed by atoms with Gasteiger partial charge in [0.15, 0.2) is 5.82 Å². The number of hydrogen-bond donors (Lipinski definition) is 2. The molecule has 0 unspecified atom stereocenters. The molecule has 3 heteroatoms. The molecule has 0 aliphatic heterocycles. The SMILES string of the molecule is Cc1ccc(-c2ccc3[nH]nc(N)c3c2)cc1. The number of aromatic amines is 1. The average molecular weight is 223 g/mol. The number of hydrogen-bond acceptors (Lipinski definition) is 2. The molecule has 0 aliphatic rings. The van der Waals surface area contributed by atoms with Crippen molar-refractivity contribution in [1.82, 2.24) is 10.2 Å². The van der Waals surface area contributed by atoms with E-state index in [0.717, 1.165) is 16.5 Å². The quantitative estimate of drug-likeness (QED) is 0.666. The third-order valence-corrected chi connectivity index (χ3v) is 2.98. The zero-order valence-corrected chi connectivity index (χ0v) is 9.57. The highest BCUT2D eigenvalue weighted by atomic mass is 15.1. The number of nitrogens with zero attached hydrogens (tertiary/aromatic N) is 1. The van der Waals surface area contributed by atoms with Crippen LogP contribution in [0.2, 0.25) is 0 Å². The molecule has 0 spiro atoms. The van der Waals surface area contributed by atoms with Crippen LogP contribution in [-0.2, 0) is 0 Å². The molecule has 0 radical (unpaired) electrons. The van der Waals surface area contributed by atoms with E-state index >= 15 is 0 Å². The van der Waals surface area contributed by atoms with Crippen molar-refractivity contribution < 1.29 is 0 Å². The van der Waals surface area contributed by atoms with Gasteiger partial charge in [-0.2, -0.15) is 5.10 Å². The molecule has 0 aliphatic carbocycles. The second kappa shape index (κ2) is 3.63. The lowest BCUT2D eigenvalue weighted by atomic mass is 10.0. The van der Waals surface area contributed by atoms with Crippen molar-refractivity contribution in [1.29, 1.82) is 0 Å². The fourth-order valence-corrected chi connectivity index (χ4v) is 1.96. The normalized spacial score (nSPS) is 10.9. The first-order valence-corrected chi connectivity index (χ1v) is 5.55. The standard InChI is InChI=1S/C14H13N3/c1-9-2-4-10(5-3-9)11-6-7-13-12(8-11)14(15)17-16-13/h2-8H,1H3,(H3,15,16,17). The van der Waals surface area contributed by atoms with Crippen LogP contribution in [0.15, 0.2) is 42.5 Å². The van der Waals surface area contributed by atoms with Crippen molar-refractivity contribution in [3.8, 4) is 11.1 Å². The highest BCUT2D eigenvalue weighted by Gasteiger charge is 2.04. The first-order valence-electron chi connectivity index (χ1n) is 5.55. The van der Waals surface area contributed by atoms with E-state index in [1.807, 2.05) is 6.07 Å². The summed E-state index contributed by atoms with van der Waals surface area (Å²) in [6.45, 7) is 2.08. The fraction of sp³-hybridized carbons (Fsp3) is 0.0714. The Morgan fingerprint density at radius 1 is 1.00 bits per heavy atom. The molecule has 3 rings (SSSR count). The summed E-state index contributed by atoms with van der Waals surface area (Å²) in [6, 6.07) is 14.6. The molecule has 84 valence electrons. The Kier molecular flexibility index (Phi) is 2.11. The van der Waals surface area contributed by atoms with Gasteiger partial charge >= 0.3 is 0 Å². The number of nitrogens with one attached hydrogen (secondary N) is 1. The molecule has 3 aromatic rings. The summed E-state index contributed by atoms with van der Waals surface area (Å²) in [5.74, 6) is 0.550. The van der Waals surface area contributed by atoms with Gasteiger partial charge in [-0.3, -0.25) is 5.10 Å². The molecule has 0 bridgehead atoms. The number of rotatable bonds is 1. The maximum absolute atomic E-state index is 5.80. The maximum atomic E-state index is 5.80. The number of aromatic nitrogens is 2. The minimum Gasteiger partial charge on any atom is -0.382 e. The summed E-state index contributed by atoms with van der Waals surface area (Å²) in [5.41, 5.74) is 10.4. The van der Waals surface area contributed by atoms with Crippen LogP contribution in [0.4, 0.5) is 5.82 Å². The number of anilines is 1. The predicted molar refractivity (Wildman–Crippen MR) is 70.7 cm³/mol. The smallest absolute Gasteiger partial charge is 0.153 e. The van der Waals surface area contributed by atoms with Crippen LogP contribution < -0.4 is 5.73 Å². The van der Waals surface area contributed by atoms with Crippen LogP contribution in [0.5, 0.6) is 0 Å². The average Bonchev–Trinajstić information content (AvgIpc) is 2.72. The van der Waals surface area contributed by atoms with Crippen molar-refractivity contribution in [3.05, 3.63) is 48.0 Å². The number of H-pyrrole nitrogens is 1. The van der Waals surface area contributed by atoms with Crippen LogP contribution in [-0.4, -0.2) is 10.2 Å². The Hall–Kier alpha value is -2.29. The molecule has 3 N–H and O–H groups in total. The largest absolute Gasteiger partial charge is 0.382 e. The van der Waals surface area contributed by atoms with E-state index in [4.69, 9.17) is 5.73 Å². The molecule has 17 heavy (non-hydrogen) atoms. The minimum absolute atomic E-state index is 0.550. The summed E-state index contributed by atoms with van der Waals surface area (Å²) in [5, 5.41) is 7.87. The third-order valence-electron chi connectivity index (χ3n) is 2.98. The lowest BCUT2D eigenvalue weighted by molar-refractivity contribution is 1.13. The van der Waals surface area contributed by atoms with Gasteiger partial charge in [-0.05, 0) is 30.2 Å². The molecule has 1 aromatic heterocycles. The summed E-state index contributed by atoms with van der Waals surface area (Å²) in [6.07, 6.45) is 0. The third kappa shape index (κ3) is 1.65. The number of benzene rings is 2. The van der Waals surface area contributed by atoms with Gasteiger partial charge in [0.05, 0.1) is 5.52 Å². The molecular weight excluding hydrogens is 210 g/mol.